The molecule has 0 fully saturated rings. The Morgan fingerprint density at radius 2 is 1.10 bits per heavy atom. The molecule has 0 spiro atoms. The van der Waals surface area contributed by atoms with Crippen LogP contribution in [-0.4, -0.2) is 0 Å². The van der Waals surface area contributed by atoms with E-state index in [-0.39, 0.29) is 5.41 Å². The van der Waals surface area contributed by atoms with Gasteiger partial charge in [-0.15, -0.1) is 11.3 Å². The van der Waals surface area contributed by atoms with Gasteiger partial charge < -0.3 is 4.90 Å². The lowest BCUT2D eigenvalue weighted by Crippen LogP contribution is -2.14. The van der Waals surface area contributed by atoms with Crippen LogP contribution in [-0.2, 0) is 5.41 Å². The number of hydrogen-bond acceptors (Lipinski definition) is 2. The van der Waals surface area contributed by atoms with Crippen molar-refractivity contribution in [1.82, 2.24) is 0 Å². The van der Waals surface area contributed by atoms with Crippen molar-refractivity contribution in [2.45, 2.75) is 19.3 Å². The predicted octanol–water partition coefficient (Wildman–Crippen LogP) is 13.8. The van der Waals surface area contributed by atoms with Gasteiger partial charge in [0, 0.05) is 42.5 Å². The Morgan fingerprint density at radius 1 is 0.469 bits per heavy atom. The molecule has 1 aliphatic rings. The van der Waals surface area contributed by atoms with Crippen LogP contribution in [0.25, 0.3) is 64.0 Å². The first-order valence-corrected chi connectivity index (χ1v) is 17.8. The molecule has 10 rings (SSSR count). The van der Waals surface area contributed by atoms with Crippen molar-refractivity contribution in [3.05, 3.63) is 175 Å². The van der Waals surface area contributed by atoms with Gasteiger partial charge in [0.2, 0.25) is 0 Å². The van der Waals surface area contributed by atoms with Crippen LogP contribution in [0.5, 0.6) is 0 Å². The Balaban J connectivity index is 1.28. The molecule has 8 aromatic carbocycles. The Morgan fingerprint density at radius 3 is 1.98 bits per heavy atom. The van der Waals surface area contributed by atoms with Crippen LogP contribution in [0.4, 0.5) is 17.1 Å². The van der Waals surface area contributed by atoms with E-state index >= 15 is 0 Å². The van der Waals surface area contributed by atoms with Crippen molar-refractivity contribution in [3.8, 4) is 22.3 Å². The topological polar surface area (TPSA) is 3.24 Å². The van der Waals surface area contributed by atoms with Gasteiger partial charge in [0.1, 0.15) is 0 Å². The van der Waals surface area contributed by atoms with Gasteiger partial charge in [-0.05, 0) is 91.8 Å². The number of para-hydroxylation sites is 1. The number of rotatable bonds is 4. The maximum atomic E-state index is 2.47. The monoisotopic (exact) mass is 643 g/mol. The summed E-state index contributed by atoms with van der Waals surface area (Å²) in [6.45, 7) is 4.74. The summed E-state index contributed by atoms with van der Waals surface area (Å²) in [6, 6.07) is 60.6. The molecule has 0 saturated carbocycles. The molecule has 0 amide bonds. The summed E-state index contributed by atoms with van der Waals surface area (Å²) >= 11 is 1.86. The smallest absolute Gasteiger partial charge is 0.0540 e. The van der Waals surface area contributed by atoms with Crippen LogP contribution in [0, 0.1) is 0 Å². The first-order chi connectivity index (χ1) is 24.1. The third-order valence-electron chi connectivity index (χ3n) is 10.6. The molecular formula is C47H33NS. The molecule has 0 bridgehead atoms. The fourth-order valence-electron chi connectivity index (χ4n) is 8.28. The predicted molar refractivity (Wildman–Crippen MR) is 212 cm³/mol. The maximum Gasteiger partial charge on any atom is 0.0540 e. The standard InChI is InChI=1S/C47H33NS/c1-47(2)40-17-9-6-16-37(40)46-41(47)26-23-32-21-20-31-22-24-33(28-38(31)45(32)46)48(42-18-10-7-14-35(42)30-12-4-3-5-13-30)34-25-27-44-39(29-34)36-15-8-11-19-43(36)49-44/h3-29H,1-2H3. The van der Waals surface area contributed by atoms with Gasteiger partial charge in [0.15, 0.2) is 0 Å². The van der Waals surface area contributed by atoms with Gasteiger partial charge >= 0.3 is 0 Å². The maximum absolute atomic E-state index is 2.47. The van der Waals surface area contributed by atoms with Crippen LogP contribution in [0.15, 0.2) is 164 Å². The Kier molecular flexibility index (Phi) is 6.16. The minimum Gasteiger partial charge on any atom is -0.310 e. The van der Waals surface area contributed by atoms with Crippen LogP contribution < -0.4 is 4.90 Å². The van der Waals surface area contributed by atoms with E-state index in [4.69, 9.17) is 0 Å². The van der Waals surface area contributed by atoms with E-state index in [0.717, 1.165) is 17.1 Å². The molecule has 2 heteroatoms. The van der Waals surface area contributed by atoms with Crippen molar-refractivity contribution >= 4 is 70.1 Å². The zero-order valence-corrected chi connectivity index (χ0v) is 28.3. The summed E-state index contributed by atoms with van der Waals surface area (Å²) in [4.78, 5) is 2.47. The largest absolute Gasteiger partial charge is 0.310 e. The minimum atomic E-state index is -0.0563. The molecule has 49 heavy (non-hydrogen) atoms. The van der Waals surface area contributed by atoms with Gasteiger partial charge in [-0.2, -0.15) is 0 Å². The van der Waals surface area contributed by atoms with Crippen molar-refractivity contribution in [1.29, 1.82) is 0 Å². The molecular weight excluding hydrogens is 611 g/mol. The van der Waals surface area contributed by atoms with E-state index in [2.05, 4.69) is 183 Å². The van der Waals surface area contributed by atoms with Gasteiger partial charge in [-0.1, -0.05) is 135 Å². The highest BCUT2D eigenvalue weighted by Crippen LogP contribution is 2.53. The van der Waals surface area contributed by atoms with Crippen LogP contribution in [0.1, 0.15) is 25.0 Å². The first-order valence-electron chi connectivity index (χ1n) is 17.0. The first kappa shape index (κ1) is 28.3. The Hall–Kier alpha value is -5.70. The second-order valence-corrected chi connectivity index (χ2v) is 14.8. The van der Waals surface area contributed by atoms with E-state index in [1.165, 1.54) is 75.1 Å². The number of hydrogen-bond donors (Lipinski definition) is 0. The highest BCUT2D eigenvalue weighted by Gasteiger charge is 2.36. The molecule has 0 aliphatic heterocycles. The molecule has 1 nitrogen and oxygen atoms in total. The summed E-state index contributed by atoms with van der Waals surface area (Å²) in [5, 5.41) is 7.75. The third-order valence-corrected chi connectivity index (χ3v) is 11.8. The van der Waals surface area contributed by atoms with Crippen molar-refractivity contribution in [3.63, 3.8) is 0 Å². The molecule has 1 aliphatic carbocycles. The van der Waals surface area contributed by atoms with Crippen LogP contribution >= 0.6 is 11.3 Å². The van der Waals surface area contributed by atoms with Crippen molar-refractivity contribution in [2.75, 3.05) is 4.90 Å². The van der Waals surface area contributed by atoms with Gasteiger partial charge in [-0.3, -0.25) is 0 Å². The van der Waals surface area contributed by atoms with Gasteiger partial charge in [-0.25, -0.2) is 0 Å². The molecule has 0 unspecified atom stereocenters. The molecule has 0 radical (unpaired) electrons. The molecule has 9 aromatic rings. The lowest BCUT2D eigenvalue weighted by molar-refractivity contribution is 0.661. The van der Waals surface area contributed by atoms with E-state index in [1.54, 1.807) is 0 Å². The van der Waals surface area contributed by atoms with Gasteiger partial charge in [0.05, 0.1) is 5.69 Å². The summed E-state index contributed by atoms with van der Waals surface area (Å²) in [7, 11) is 0. The lowest BCUT2D eigenvalue weighted by atomic mass is 9.82. The van der Waals surface area contributed by atoms with E-state index in [1.807, 2.05) is 11.3 Å². The average Bonchev–Trinajstić information content (AvgIpc) is 3.64. The van der Waals surface area contributed by atoms with Crippen molar-refractivity contribution < 1.29 is 0 Å². The van der Waals surface area contributed by atoms with E-state index in [0.29, 0.717) is 0 Å². The van der Waals surface area contributed by atoms with Crippen LogP contribution in [0.2, 0.25) is 0 Å². The second-order valence-electron chi connectivity index (χ2n) is 13.7. The molecule has 0 saturated heterocycles. The average molecular weight is 644 g/mol. The fraction of sp³-hybridized carbons (Fsp3) is 0.0638. The van der Waals surface area contributed by atoms with E-state index in [9.17, 15) is 0 Å². The number of thiophene rings is 1. The fourth-order valence-corrected chi connectivity index (χ4v) is 9.36. The molecule has 0 N–H and O–H groups in total. The zero-order valence-electron chi connectivity index (χ0n) is 27.4. The van der Waals surface area contributed by atoms with Crippen molar-refractivity contribution in [2.24, 2.45) is 0 Å². The number of anilines is 3. The third kappa shape index (κ3) is 4.24. The number of nitrogens with zero attached hydrogens (tertiary/aromatic N) is 1. The SMILES string of the molecule is CC1(C)c2ccccc2-c2c1ccc1ccc3ccc(N(c4ccc5sc6ccccc6c5c4)c4ccccc4-c4ccccc4)cc3c21. The molecule has 232 valence electrons. The Bertz CT molecular complexity index is 2750. The molecule has 0 atom stereocenters. The molecule has 1 heterocycles. The minimum absolute atomic E-state index is 0.0563. The van der Waals surface area contributed by atoms with E-state index < -0.39 is 0 Å². The summed E-state index contributed by atoms with van der Waals surface area (Å²) in [6.07, 6.45) is 0. The Labute approximate surface area is 290 Å². The molecule has 1 aromatic heterocycles. The highest BCUT2D eigenvalue weighted by molar-refractivity contribution is 7.25. The number of benzene rings is 8. The quantitative estimate of drug-likeness (QED) is 0.173. The number of fused-ring (bicyclic) bond motifs is 10. The van der Waals surface area contributed by atoms with Gasteiger partial charge in [0.25, 0.3) is 0 Å². The van der Waals surface area contributed by atoms with Crippen LogP contribution in [0.3, 0.4) is 0 Å². The summed E-state index contributed by atoms with van der Waals surface area (Å²) in [5.74, 6) is 0. The lowest BCUT2D eigenvalue weighted by Gasteiger charge is -2.28. The highest BCUT2D eigenvalue weighted by atomic mass is 32.1. The zero-order chi connectivity index (χ0) is 32.7. The normalized spacial score (nSPS) is 13.3. The summed E-state index contributed by atoms with van der Waals surface area (Å²) in [5.41, 5.74) is 11.3. The second kappa shape index (κ2) is 10.7. The summed E-state index contributed by atoms with van der Waals surface area (Å²) < 4.78 is 2.63.